The minimum absolute atomic E-state index is 0.00312. The summed E-state index contributed by atoms with van der Waals surface area (Å²) in [5, 5.41) is 21.8. The lowest BCUT2D eigenvalue weighted by Crippen LogP contribution is -2.63. The van der Waals surface area contributed by atoms with E-state index in [2.05, 4.69) is 32.9 Å². The second kappa shape index (κ2) is 7.80. The molecule has 5 rings (SSSR count). The molecule has 7 nitrogen and oxygen atoms in total. The first-order valence-electron chi connectivity index (χ1n) is 12.9. The number of morpholine rings is 1. The fourth-order valence-corrected chi connectivity index (χ4v) is 9.04. The third kappa shape index (κ3) is 2.76. The molecule has 3 saturated carbocycles. The van der Waals surface area contributed by atoms with Crippen LogP contribution < -0.4 is 0 Å². The Labute approximate surface area is 202 Å². The van der Waals surface area contributed by atoms with Crippen LogP contribution in [0.1, 0.15) is 60.3 Å². The second-order valence-corrected chi connectivity index (χ2v) is 12.0. The summed E-state index contributed by atoms with van der Waals surface area (Å²) in [6.45, 7) is 10.9. The summed E-state index contributed by atoms with van der Waals surface area (Å²) in [7, 11) is 0. The highest BCUT2D eigenvalue weighted by molar-refractivity contribution is 5.85. The number of rotatable bonds is 5. The lowest BCUT2D eigenvalue weighted by Gasteiger charge is -2.57. The molecule has 5 unspecified atom stereocenters. The number of carbonyl (C=O) groups is 2. The van der Waals surface area contributed by atoms with Crippen molar-refractivity contribution in [2.75, 3.05) is 19.7 Å². The molecular weight excluding hydrogens is 432 g/mol. The molecule has 34 heavy (non-hydrogen) atoms. The number of nitrogens with zero attached hydrogens (tertiary/aromatic N) is 2. The number of carboxylic acid groups (broad SMARTS) is 1. The molecule has 186 valence electrons. The largest absolute Gasteiger partial charge is 0.481 e. The summed E-state index contributed by atoms with van der Waals surface area (Å²) in [6.07, 6.45) is 4.80. The van der Waals surface area contributed by atoms with Gasteiger partial charge in [-0.2, -0.15) is 5.26 Å². The molecule has 1 heterocycles. The van der Waals surface area contributed by atoms with Crippen molar-refractivity contribution in [1.29, 1.82) is 5.26 Å². The lowest BCUT2D eigenvalue weighted by molar-refractivity contribution is -0.234. The van der Waals surface area contributed by atoms with Gasteiger partial charge in [-0.3, -0.25) is 9.59 Å². The molecule has 4 fully saturated rings. The predicted octanol–water partition coefficient (Wildman–Crippen LogP) is 3.85. The van der Waals surface area contributed by atoms with Gasteiger partial charge in [0.25, 0.3) is 0 Å². The molecule has 5 aliphatic rings. The predicted molar refractivity (Wildman–Crippen MR) is 124 cm³/mol. The molecule has 1 amide bonds. The quantitative estimate of drug-likeness (QED) is 0.613. The molecular formula is C27H38N2O5. The van der Waals surface area contributed by atoms with Crippen molar-refractivity contribution in [3.05, 3.63) is 11.6 Å². The third-order valence-corrected chi connectivity index (χ3v) is 10.2. The van der Waals surface area contributed by atoms with Crippen LogP contribution in [0, 0.1) is 57.2 Å². The van der Waals surface area contributed by atoms with E-state index >= 15 is 0 Å². The third-order valence-electron chi connectivity index (χ3n) is 10.2. The van der Waals surface area contributed by atoms with E-state index in [9.17, 15) is 20.0 Å². The van der Waals surface area contributed by atoms with Gasteiger partial charge in [-0.1, -0.05) is 38.8 Å². The van der Waals surface area contributed by atoms with Crippen LogP contribution in [0.5, 0.6) is 0 Å². The highest BCUT2D eigenvalue weighted by Crippen LogP contribution is 2.83. The fraction of sp³-hybridized carbons (Fsp3) is 0.815. The number of allylic oxidation sites excluding steroid dienone is 1. The number of aliphatic carboxylic acids is 1. The van der Waals surface area contributed by atoms with E-state index in [1.165, 1.54) is 0 Å². The summed E-state index contributed by atoms with van der Waals surface area (Å²) in [5.41, 5.74) is -1.89. The first kappa shape index (κ1) is 23.8. The maximum atomic E-state index is 13.5. The van der Waals surface area contributed by atoms with Crippen LogP contribution in [0.2, 0.25) is 0 Å². The normalized spacial score (nSPS) is 46.9. The topological polar surface area (TPSA) is 99.9 Å². The maximum Gasteiger partial charge on any atom is 0.316 e. The number of fused-ring (bicyclic) bond motifs is 2. The zero-order valence-corrected chi connectivity index (χ0v) is 21.0. The van der Waals surface area contributed by atoms with Crippen molar-refractivity contribution in [3.63, 3.8) is 0 Å². The number of hydrogen-bond acceptors (Lipinski definition) is 5. The second-order valence-electron chi connectivity index (χ2n) is 12.0. The molecule has 7 heteroatoms. The molecule has 1 N–H and O–H groups in total. The van der Waals surface area contributed by atoms with Gasteiger partial charge in [0.2, 0.25) is 5.91 Å². The van der Waals surface area contributed by atoms with Gasteiger partial charge in [-0.05, 0) is 55.8 Å². The van der Waals surface area contributed by atoms with Gasteiger partial charge in [0.05, 0.1) is 30.7 Å². The standard InChI is InChI=1S/C27H38N2O5/c1-15(2)22-8-19-9-25(13-28)21-7-6-16(3)20(21)10-26(19,27(22,25)24(31)32)14-33-23-12-29(18(5)30)11-17(4)34-23/h8,15-17,19-21,23H,6-7,9-12,14H2,1-5H3,(H,31,32)/t16-,17-,19?,20?,21?,23-,25+,26?,27?/m1/s1. The Hall–Kier alpha value is -1.91. The Morgan fingerprint density at radius 1 is 1.29 bits per heavy atom. The average molecular weight is 471 g/mol. The number of carbonyl (C=O) groups excluding carboxylic acids is 1. The summed E-state index contributed by atoms with van der Waals surface area (Å²) in [6, 6.07) is 2.67. The first-order chi connectivity index (χ1) is 16.0. The average Bonchev–Trinajstić information content (AvgIpc) is 3.34. The molecule has 4 bridgehead atoms. The number of ether oxygens (including phenoxy) is 2. The van der Waals surface area contributed by atoms with Gasteiger partial charge >= 0.3 is 5.97 Å². The van der Waals surface area contributed by atoms with Gasteiger partial charge in [0.15, 0.2) is 6.29 Å². The molecule has 0 aromatic heterocycles. The van der Waals surface area contributed by atoms with Gasteiger partial charge in [-0.25, -0.2) is 0 Å². The number of nitriles is 1. The van der Waals surface area contributed by atoms with E-state index in [0.29, 0.717) is 31.3 Å². The Kier molecular flexibility index (Phi) is 5.46. The Balaban J connectivity index is 1.57. The van der Waals surface area contributed by atoms with Crippen LogP contribution in [0.25, 0.3) is 0 Å². The van der Waals surface area contributed by atoms with Crippen LogP contribution in [0.15, 0.2) is 11.6 Å². The van der Waals surface area contributed by atoms with Crippen LogP contribution in [0.4, 0.5) is 0 Å². The van der Waals surface area contributed by atoms with Gasteiger partial charge < -0.3 is 19.5 Å². The Morgan fingerprint density at radius 3 is 2.65 bits per heavy atom. The lowest BCUT2D eigenvalue weighted by atomic mass is 9.43. The first-order valence-corrected chi connectivity index (χ1v) is 12.9. The zero-order chi connectivity index (χ0) is 24.6. The van der Waals surface area contributed by atoms with Crippen LogP contribution in [-0.4, -0.2) is 54.0 Å². The van der Waals surface area contributed by atoms with Crippen molar-refractivity contribution >= 4 is 11.9 Å². The summed E-state index contributed by atoms with van der Waals surface area (Å²) < 4.78 is 12.5. The highest BCUT2D eigenvalue weighted by atomic mass is 16.7. The molecule has 0 spiro atoms. The van der Waals surface area contributed by atoms with Gasteiger partial charge in [0.1, 0.15) is 5.41 Å². The van der Waals surface area contributed by atoms with E-state index in [0.717, 1.165) is 24.8 Å². The highest BCUT2D eigenvalue weighted by Gasteiger charge is 2.84. The SMILES string of the molecule is CC(=O)N1C[C@H](OCC23CC4C(CC[C@H]4C)[C@@]4(C#N)CC2C=C(C(C)C)C34C(=O)O)O[C@H](C)C1. The minimum Gasteiger partial charge on any atom is -0.481 e. The molecule has 0 radical (unpaired) electrons. The number of amides is 1. The number of hydrogen-bond donors (Lipinski definition) is 1. The van der Waals surface area contributed by atoms with Crippen molar-refractivity contribution in [2.24, 2.45) is 45.8 Å². The summed E-state index contributed by atoms with van der Waals surface area (Å²) >= 11 is 0. The molecule has 9 atom stereocenters. The molecule has 0 aromatic rings. The van der Waals surface area contributed by atoms with Crippen molar-refractivity contribution in [1.82, 2.24) is 4.90 Å². The smallest absolute Gasteiger partial charge is 0.316 e. The van der Waals surface area contributed by atoms with E-state index in [4.69, 9.17) is 9.47 Å². The van der Waals surface area contributed by atoms with E-state index in [-0.39, 0.29) is 36.4 Å². The molecule has 1 aliphatic heterocycles. The van der Waals surface area contributed by atoms with E-state index in [1.807, 2.05) is 6.92 Å². The van der Waals surface area contributed by atoms with Crippen molar-refractivity contribution in [2.45, 2.75) is 72.7 Å². The maximum absolute atomic E-state index is 13.5. The van der Waals surface area contributed by atoms with Crippen molar-refractivity contribution < 1.29 is 24.2 Å². The Bertz CT molecular complexity index is 971. The molecule has 1 saturated heterocycles. The summed E-state index contributed by atoms with van der Waals surface area (Å²) in [4.78, 5) is 27.2. The van der Waals surface area contributed by atoms with Gasteiger partial charge in [-0.15, -0.1) is 0 Å². The minimum atomic E-state index is -1.24. The molecule has 0 aromatic carbocycles. The van der Waals surface area contributed by atoms with Crippen LogP contribution >= 0.6 is 0 Å². The van der Waals surface area contributed by atoms with E-state index < -0.39 is 28.5 Å². The zero-order valence-electron chi connectivity index (χ0n) is 21.0. The summed E-state index contributed by atoms with van der Waals surface area (Å²) in [5.74, 6) is 0.0917. The monoisotopic (exact) mass is 470 g/mol. The van der Waals surface area contributed by atoms with Crippen LogP contribution in [0.3, 0.4) is 0 Å². The molecule has 4 aliphatic carbocycles. The van der Waals surface area contributed by atoms with E-state index in [1.54, 1.807) is 11.8 Å². The fourth-order valence-electron chi connectivity index (χ4n) is 9.04. The van der Waals surface area contributed by atoms with Crippen LogP contribution in [-0.2, 0) is 19.1 Å². The van der Waals surface area contributed by atoms with Crippen molar-refractivity contribution in [3.8, 4) is 6.07 Å². The van der Waals surface area contributed by atoms with Gasteiger partial charge in [0, 0.05) is 18.9 Å². The Morgan fingerprint density at radius 2 is 2.03 bits per heavy atom. The number of carboxylic acids is 1.